The number of ether oxygens (including phenoxy) is 1. The molecule has 2 aliphatic heterocycles. The van der Waals surface area contributed by atoms with Gasteiger partial charge in [0.1, 0.15) is 16.2 Å². The number of alkyl halides is 3. The Balaban J connectivity index is 1.71. The van der Waals surface area contributed by atoms with Crippen LogP contribution in [-0.2, 0) is 14.3 Å². The zero-order valence-corrected chi connectivity index (χ0v) is 21.0. The first-order valence-electron chi connectivity index (χ1n) is 9.54. The van der Waals surface area contributed by atoms with E-state index in [9.17, 15) is 32.7 Å². The molecule has 2 saturated heterocycles. The number of β-lactam (4-membered cyclic amide) rings is 1. The maximum absolute atomic E-state index is 12.6. The van der Waals surface area contributed by atoms with Gasteiger partial charge in [0.15, 0.2) is 0 Å². The number of carbonyl (C=O) groups is 3. The Hall–Kier alpha value is -1.51. The highest BCUT2D eigenvalue weighted by Crippen LogP contribution is 2.47. The van der Waals surface area contributed by atoms with Crippen molar-refractivity contribution in [2.45, 2.75) is 40.6 Å². The van der Waals surface area contributed by atoms with Crippen LogP contribution in [0, 0.1) is 0 Å². The van der Waals surface area contributed by atoms with Crippen molar-refractivity contribution in [3.05, 3.63) is 28.2 Å². The van der Waals surface area contributed by atoms with Crippen molar-refractivity contribution in [2.75, 3.05) is 18.9 Å². The Bertz CT molecular complexity index is 996. The van der Waals surface area contributed by atoms with Crippen LogP contribution in [0.3, 0.4) is 0 Å². The van der Waals surface area contributed by atoms with Crippen molar-refractivity contribution in [1.82, 2.24) is 10.2 Å². The van der Waals surface area contributed by atoms with E-state index in [2.05, 4.69) is 21.2 Å². The second kappa shape index (κ2) is 10.0. The number of carboxylic acid groups (broad SMARTS) is 1. The van der Waals surface area contributed by atoms with Crippen molar-refractivity contribution < 1.29 is 37.4 Å². The van der Waals surface area contributed by atoms with E-state index in [0.29, 0.717) is 14.9 Å². The highest BCUT2D eigenvalue weighted by molar-refractivity contribution is 9.10. The molecule has 180 valence electrons. The summed E-state index contributed by atoms with van der Waals surface area (Å²) >= 11 is 10.3. The average Bonchev–Trinajstić information content (AvgIpc) is 2.72. The number of carbonyl (C=O) groups excluding carboxylic acids is 2. The van der Waals surface area contributed by atoms with Gasteiger partial charge in [0, 0.05) is 21.7 Å². The topological polar surface area (TPSA) is 95.9 Å². The minimum absolute atomic E-state index is 0.109. The summed E-state index contributed by atoms with van der Waals surface area (Å²) in [5, 5.41) is 11.9. The van der Waals surface area contributed by atoms with E-state index < -0.39 is 51.6 Å². The summed E-state index contributed by atoms with van der Waals surface area (Å²) in [6.45, 7) is 1.77. The highest BCUT2D eigenvalue weighted by atomic mass is 79.9. The van der Waals surface area contributed by atoms with Crippen LogP contribution in [0.15, 0.2) is 27.6 Å². The van der Waals surface area contributed by atoms with Gasteiger partial charge >= 0.3 is 18.1 Å². The lowest BCUT2D eigenvalue weighted by molar-refractivity contribution is -0.149. The molecule has 2 aliphatic rings. The SMILES string of the molecule is CCOC(=O)c1ccc(SC2(C(=O)O)CS[C@@H]3C(NC(=S)CC(F)(F)F)C(=O)N3C2)c(Br)c1. The summed E-state index contributed by atoms with van der Waals surface area (Å²) in [7, 11) is 0. The fourth-order valence-corrected chi connectivity index (χ4v) is 7.08. The number of hydrogen-bond donors (Lipinski definition) is 2. The van der Waals surface area contributed by atoms with Crippen LogP contribution in [-0.4, -0.2) is 74.1 Å². The third-order valence-corrected chi connectivity index (χ3v) is 9.18. The van der Waals surface area contributed by atoms with Crippen LogP contribution in [0.4, 0.5) is 13.2 Å². The minimum Gasteiger partial charge on any atom is -0.480 e. The van der Waals surface area contributed by atoms with Crippen LogP contribution in [0.5, 0.6) is 0 Å². The number of fused-ring (bicyclic) bond motifs is 1. The molecule has 2 heterocycles. The first-order valence-corrected chi connectivity index (χ1v) is 12.6. The van der Waals surface area contributed by atoms with E-state index >= 15 is 0 Å². The number of thiocarbonyl (C=S) groups is 1. The normalized spacial score (nSPS) is 24.5. The largest absolute Gasteiger partial charge is 0.480 e. The van der Waals surface area contributed by atoms with Crippen molar-refractivity contribution >= 4 is 74.5 Å². The molecule has 0 aromatic heterocycles. The molecule has 2 N–H and O–H groups in total. The van der Waals surface area contributed by atoms with Crippen LogP contribution in [0.2, 0.25) is 0 Å². The van der Waals surface area contributed by atoms with Crippen molar-refractivity contribution in [3.63, 3.8) is 0 Å². The fourth-order valence-electron chi connectivity index (χ4n) is 3.33. The lowest BCUT2D eigenvalue weighted by Crippen LogP contribution is -2.74. The molecular formula is C19H18BrF3N2O5S3. The molecule has 0 bridgehead atoms. The lowest BCUT2D eigenvalue weighted by atomic mass is 10.0. The Kier molecular flexibility index (Phi) is 7.91. The number of amides is 1. The van der Waals surface area contributed by atoms with Crippen molar-refractivity contribution in [3.8, 4) is 0 Å². The standard InChI is InChI=1S/C19H18BrF3N2O5S3/c1-2-30-16(27)9-3-4-11(10(20)5-9)33-18(17(28)29)7-25-14(26)13(15(25)32-8-18)24-12(31)6-19(21,22)23/h3-5,13,15H,2,6-8H2,1H3,(H,24,31)(H,28,29)/t13?,15-,18?/m1/s1. The lowest BCUT2D eigenvalue weighted by Gasteiger charge is -2.53. The molecule has 14 heteroatoms. The molecule has 0 saturated carbocycles. The Labute approximate surface area is 209 Å². The van der Waals surface area contributed by atoms with Crippen LogP contribution in [0.1, 0.15) is 23.7 Å². The van der Waals surface area contributed by atoms with E-state index in [4.69, 9.17) is 17.0 Å². The first-order chi connectivity index (χ1) is 15.4. The number of nitrogens with one attached hydrogen (secondary N) is 1. The van der Waals surface area contributed by atoms with Gasteiger partial charge < -0.3 is 20.1 Å². The number of nitrogens with zero attached hydrogens (tertiary/aromatic N) is 1. The van der Waals surface area contributed by atoms with Crippen LogP contribution < -0.4 is 5.32 Å². The molecule has 0 spiro atoms. The highest BCUT2D eigenvalue weighted by Gasteiger charge is 2.58. The monoisotopic (exact) mass is 586 g/mol. The van der Waals surface area contributed by atoms with Gasteiger partial charge in [-0.15, -0.1) is 23.5 Å². The molecular weight excluding hydrogens is 569 g/mol. The summed E-state index contributed by atoms with van der Waals surface area (Å²) in [5.74, 6) is -2.03. The molecule has 1 amide bonds. The van der Waals surface area contributed by atoms with Crippen molar-refractivity contribution in [2.24, 2.45) is 0 Å². The first kappa shape index (κ1) is 26.1. The molecule has 1 aromatic rings. The van der Waals surface area contributed by atoms with Gasteiger partial charge in [-0.25, -0.2) is 4.79 Å². The minimum atomic E-state index is -4.48. The molecule has 33 heavy (non-hydrogen) atoms. The molecule has 3 atom stereocenters. The van der Waals surface area contributed by atoms with E-state index in [1.54, 1.807) is 13.0 Å². The molecule has 2 fully saturated rings. The smallest absolute Gasteiger partial charge is 0.395 e. The molecule has 2 unspecified atom stereocenters. The summed E-state index contributed by atoms with van der Waals surface area (Å²) in [5.41, 5.74) is 0.303. The van der Waals surface area contributed by atoms with E-state index in [-0.39, 0.29) is 18.9 Å². The Morgan fingerprint density at radius 3 is 2.73 bits per heavy atom. The molecule has 3 rings (SSSR count). The van der Waals surface area contributed by atoms with Gasteiger partial charge in [0.05, 0.1) is 23.6 Å². The summed E-state index contributed by atoms with van der Waals surface area (Å²) in [6, 6.07) is 3.73. The van der Waals surface area contributed by atoms with E-state index in [0.717, 1.165) is 11.8 Å². The van der Waals surface area contributed by atoms with Gasteiger partial charge in [0.2, 0.25) is 5.91 Å². The number of rotatable bonds is 7. The summed E-state index contributed by atoms with van der Waals surface area (Å²) in [6.07, 6.45) is -5.81. The van der Waals surface area contributed by atoms with Crippen LogP contribution >= 0.6 is 51.7 Å². The van der Waals surface area contributed by atoms with Gasteiger partial charge in [-0.3, -0.25) is 9.59 Å². The number of halogens is 4. The second-order valence-electron chi connectivity index (χ2n) is 7.27. The molecule has 0 aliphatic carbocycles. The number of carboxylic acids is 1. The Morgan fingerprint density at radius 2 is 2.15 bits per heavy atom. The molecule has 7 nitrogen and oxygen atoms in total. The van der Waals surface area contributed by atoms with Gasteiger partial charge in [-0.1, -0.05) is 12.2 Å². The Morgan fingerprint density at radius 1 is 1.45 bits per heavy atom. The third-order valence-electron chi connectivity index (χ3n) is 4.87. The maximum Gasteiger partial charge on any atom is 0.395 e. The van der Waals surface area contributed by atoms with Gasteiger partial charge in [0.25, 0.3) is 0 Å². The fraction of sp³-hybridized carbons (Fsp3) is 0.474. The van der Waals surface area contributed by atoms with Gasteiger partial charge in [-0.2, -0.15) is 13.2 Å². The molecule has 0 radical (unpaired) electrons. The number of benzene rings is 1. The predicted octanol–water partition coefficient (Wildman–Crippen LogP) is 3.69. The summed E-state index contributed by atoms with van der Waals surface area (Å²) < 4.78 is 41.6. The summed E-state index contributed by atoms with van der Waals surface area (Å²) in [4.78, 5) is 38.1. The predicted molar refractivity (Wildman–Crippen MR) is 124 cm³/mol. The third kappa shape index (κ3) is 5.77. The van der Waals surface area contributed by atoms with E-state index in [1.807, 2.05) is 0 Å². The number of esters is 1. The molecule has 1 aromatic carbocycles. The number of aliphatic carboxylic acids is 1. The number of hydrogen-bond acceptors (Lipinski definition) is 7. The maximum atomic E-state index is 12.6. The zero-order valence-electron chi connectivity index (χ0n) is 17.0. The zero-order chi connectivity index (χ0) is 24.6. The second-order valence-corrected chi connectivity index (χ2v) is 11.1. The van der Waals surface area contributed by atoms with E-state index in [1.165, 1.54) is 28.8 Å². The average molecular weight is 587 g/mol. The van der Waals surface area contributed by atoms with Crippen molar-refractivity contribution in [1.29, 1.82) is 0 Å². The van der Waals surface area contributed by atoms with Gasteiger partial charge in [-0.05, 0) is 41.1 Å². The van der Waals surface area contributed by atoms with Crippen LogP contribution in [0.25, 0.3) is 0 Å². The quantitative estimate of drug-likeness (QED) is 0.281. The number of thioether (sulfide) groups is 2.